The summed E-state index contributed by atoms with van der Waals surface area (Å²) in [6, 6.07) is 4.85. The van der Waals surface area contributed by atoms with Gasteiger partial charge in [-0.05, 0) is 17.7 Å². The van der Waals surface area contributed by atoms with Crippen LogP contribution in [0.5, 0.6) is 0 Å². The van der Waals surface area contributed by atoms with E-state index in [0.29, 0.717) is 5.56 Å². The van der Waals surface area contributed by atoms with Crippen molar-refractivity contribution in [3.05, 3.63) is 35.6 Å². The summed E-state index contributed by atoms with van der Waals surface area (Å²) in [4.78, 5) is 23.8. The molecular formula is C13H14FNO4. The average Bonchev–Trinajstić information content (AvgIpc) is 2.33. The highest BCUT2D eigenvalue weighted by molar-refractivity contribution is 5.85. The van der Waals surface area contributed by atoms with Crippen molar-refractivity contribution in [2.24, 2.45) is 0 Å². The van der Waals surface area contributed by atoms with Crippen LogP contribution >= 0.6 is 0 Å². The Bertz CT molecular complexity index is 505. The molecule has 0 saturated carbocycles. The predicted molar refractivity (Wildman–Crippen MR) is 64.0 cm³/mol. The van der Waals surface area contributed by atoms with Gasteiger partial charge in [-0.1, -0.05) is 12.1 Å². The van der Waals surface area contributed by atoms with Gasteiger partial charge in [-0.25, -0.2) is 9.18 Å². The summed E-state index contributed by atoms with van der Waals surface area (Å²) in [5, 5.41) is 9.18. The zero-order valence-electron chi connectivity index (χ0n) is 10.4. The first kappa shape index (κ1) is 13.5. The number of amides is 1. The Labute approximate surface area is 109 Å². The van der Waals surface area contributed by atoms with Gasteiger partial charge in [-0.3, -0.25) is 4.79 Å². The van der Waals surface area contributed by atoms with E-state index in [2.05, 4.69) is 0 Å². The molecule has 1 aliphatic rings. The number of aliphatic carboxylic acids is 1. The van der Waals surface area contributed by atoms with Crippen molar-refractivity contribution >= 4 is 11.9 Å². The summed E-state index contributed by atoms with van der Waals surface area (Å²) in [6.45, 7) is -0.153. The molecule has 2 unspecified atom stereocenters. The molecule has 1 N–H and O–H groups in total. The number of carbonyl (C=O) groups excluding carboxylic acids is 1. The van der Waals surface area contributed by atoms with Gasteiger partial charge >= 0.3 is 5.97 Å². The quantitative estimate of drug-likeness (QED) is 0.874. The summed E-state index contributed by atoms with van der Waals surface area (Å²) in [5.41, 5.74) is 0.638. The number of benzene rings is 1. The molecule has 0 radical (unpaired) electrons. The number of nitrogens with zero attached hydrogens (tertiary/aromatic N) is 1. The van der Waals surface area contributed by atoms with Gasteiger partial charge in [-0.2, -0.15) is 0 Å². The highest BCUT2D eigenvalue weighted by Crippen LogP contribution is 2.18. The second kappa shape index (κ2) is 5.36. The van der Waals surface area contributed by atoms with Crippen molar-refractivity contribution in [1.82, 2.24) is 4.90 Å². The minimum Gasteiger partial charge on any atom is -0.480 e. The van der Waals surface area contributed by atoms with Gasteiger partial charge in [0.1, 0.15) is 12.4 Å². The van der Waals surface area contributed by atoms with E-state index in [1.54, 1.807) is 12.1 Å². The molecule has 0 spiro atoms. The van der Waals surface area contributed by atoms with Crippen molar-refractivity contribution < 1.29 is 23.8 Å². The second-order valence-corrected chi connectivity index (χ2v) is 4.47. The minimum absolute atomic E-state index is 0.153. The van der Waals surface area contributed by atoms with E-state index >= 15 is 0 Å². The molecule has 1 heterocycles. The van der Waals surface area contributed by atoms with Gasteiger partial charge in [0.15, 0.2) is 6.04 Å². The van der Waals surface area contributed by atoms with Crippen molar-refractivity contribution in [2.75, 3.05) is 13.7 Å². The highest BCUT2D eigenvalue weighted by atomic mass is 19.1. The molecule has 1 amide bonds. The second-order valence-electron chi connectivity index (χ2n) is 4.47. The maximum Gasteiger partial charge on any atom is 0.329 e. The number of carbonyl (C=O) groups is 2. The minimum atomic E-state index is -1.13. The molecule has 6 heteroatoms. The van der Waals surface area contributed by atoms with Crippen molar-refractivity contribution in [3.63, 3.8) is 0 Å². The van der Waals surface area contributed by atoms with Crippen molar-refractivity contribution in [1.29, 1.82) is 0 Å². The first-order valence-electron chi connectivity index (χ1n) is 5.83. The molecule has 1 fully saturated rings. The third-order valence-electron chi connectivity index (χ3n) is 3.16. The molecule has 5 nitrogen and oxygen atoms in total. The Morgan fingerprint density at radius 2 is 2.32 bits per heavy atom. The van der Waals surface area contributed by atoms with Gasteiger partial charge in [-0.15, -0.1) is 0 Å². The molecule has 19 heavy (non-hydrogen) atoms. The lowest BCUT2D eigenvalue weighted by Crippen LogP contribution is -2.57. The van der Waals surface area contributed by atoms with E-state index in [1.807, 2.05) is 0 Å². The molecule has 2 atom stereocenters. The lowest BCUT2D eigenvalue weighted by Gasteiger charge is -2.36. The zero-order valence-corrected chi connectivity index (χ0v) is 10.4. The van der Waals surface area contributed by atoms with Gasteiger partial charge in [0.05, 0.1) is 6.10 Å². The maximum absolute atomic E-state index is 13.1. The number of hydrogen-bond acceptors (Lipinski definition) is 3. The molecule has 0 aliphatic carbocycles. The van der Waals surface area contributed by atoms with E-state index in [-0.39, 0.29) is 24.8 Å². The smallest absolute Gasteiger partial charge is 0.329 e. The summed E-state index contributed by atoms with van der Waals surface area (Å²) >= 11 is 0. The van der Waals surface area contributed by atoms with Crippen LogP contribution in [0.3, 0.4) is 0 Å². The van der Waals surface area contributed by atoms with Crippen molar-refractivity contribution in [2.45, 2.75) is 18.6 Å². The lowest BCUT2D eigenvalue weighted by atomic mass is 9.99. The van der Waals surface area contributed by atoms with Crippen LogP contribution in [0.2, 0.25) is 0 Å². The molecule has 2 rings (SSSR count). The molecule has 1 aromatic carbocycles. The third-order valence-corrected chi connectivity index (χ3v) is 3.16. The van der Waals surface area contributed by atoms with Crippen LogP contribution in [0.1, 0.15) is 5.56 Å². The normalized spacial score (nSPS) is 23.5. The number of carboxylic acids is 1. The average molecular weight is 267 g/mol. The first-order valence-corrected chi connectivity index (χ1v) is 5.83. The fraction of sp³-hybridized carbons (Fsp3) is 0.385. The fourth-order valence-electron chi connectivity index (χ4n) is 2.17. The summed E-state index contributed by atoms with van der Waals surface area (Å²) in [6.07, 6.45) is -0.436. The molecule has 0 bridgehead atoms. The number of halogens is 1. The Balaban J connectivity index is 2.18. The third kappa shape index (κ3) is 2.90. The zero-order chi connectivity index (χ0) is 14.0. The summed E-state index contributed by atoms with van der Waals surface area (Å²) < 4.78 is 18.4. The Morgan fingerprint density at radius 1 is 1.58 bits per heavy atom. The number of hydrogen-bond donors (Lipinski definition) is 1. The molecule has 1 aromatic rings. The Morgan fingerprint density at radius 3 is 2.95 bits per heavy atom. The van der Waals surface area contributed by atoms with Gasteiger partial charge in [0.2, 0.25) is 5.91 Å². The topological polar surface area (TPSA) is 66.8 Å². The predicted octanol–water partition coefficient (Wildman–Crippen LogP) is 0.679. The largest absolute Gasteiger partial charge is 0.480 e. The SMILES string of the molecule is CN1C(=O)COC(Cc2cccc(F)c2)C1C(=O)O. The van der Waals surface area contributed by atoms with Crippen LogP contribution in [0.25, 0.3) is 0 Å². The molecule has 102 valence electrons. The monoisotopic (exact) mass is 267 g/mol. The number of carboxylic acid groups (broad SMARTS) is 1. The number of ether oxygens (including phenoxy) is 1. The summed E-state index contributed by atoms with van der Waals surface area (Å²) in [5.74, 6) is -1.88. The molecule has 0 aromatic heterocycles. The lowest BCUT2D eigenvalue weighted by molar-refractivity contribution is -0.169. The van der Waals surface area contributed by atoms with E-state index in [1.165, 1.54) is 19.2 Å². The summed E-state index contributed by atoms with van der Waals surface area (Å²) in [7, 11) is 1.43. The highest BCUT2D eigenvalue weighted by Gasteiger charge is 2.39. The number of likely N-dealkylation sites (N-methyl/N-ethyl adjacent to an activating group) is 1. The maximum atomic E-state index is 13.1. The van der Waals surface area contributed by atoms with E-state index in [9.17, 15) is 19.1 Å². The van der Waals surface area contributed by atoms with E-state index in [4.69, 9.17) is 4.74 Å². The molecule has 1 aliphatic heterocycles. The molecular weight excluding hydrogens is 253 g/mol. The molecule has 1 saturated heterocycles. The van der Waals surface area contributed by atoms with Crippen LogP contribution in [-0.4, -0.2) is 47.7 Å². The number of morpholine rings is 1. The van der Waals surface area contributed by atoms with Gasteiger partial charge < -0.3 is 14.7 Å². The van der Waals surface area contributed by atoms with Crippen LogP contribution in [0.15, 0.2) is 24.3 Å². The van der Waals surface area contributed by atoms with E-state index in [0.717, 1.165) is 4.90 Å². The van der Waals surface area contributed by atoms with Crippen molar-refractivity contribution in [3.8, 4) is 0 Å². The van der Waals surface area contributed by atoms with Crippen LogP contribution in [-0.2, 0) is 20.7 Å². The van der Waals surface area contributed by atoms with E-state index < -0.39 is 18.1 Å². The fourth-order valence-corrected chi connectivity index (χ4v) is 2.17. The van der Waals surface area contributed by atoms with Crippen LogP contribution in [0.4, 0.5) is 4.39 Å². The Kier molecular flexibility index (Phi) is 3.80. The van der Waals surface area contributed by atoms with Crippen LogP contribution < -0.4 is 0 Å². The van der Waals surface area contributed by atoms with Gasteiger partial charge in [0, 0.05) is 13.5 Å². The Hall–Kier alpha value is -1.95. The standard InChI is InChI=1S/C13H14FNO4/c1-15-11(16)7-19-10(12(15)13(17)18)6-8-3-2-4-9(14)5-8/h2-5,10,12H,6-7H2,1H3,(H,17,18). The first-order chi connectivity index (χ1) is 8.99. The van der Waals surface area contributed by atoms with Crippen LogP contribution in [0, 0.1) is 5.82 Å². The number of rotatable bonds is 3. The van der Waals surface area contributed by atoms with Gasteiger partial charge in [0.25, 0.3) is 0 Å².